The first-order chi connectivity index (χ1) is 9.88. The molecule has 0 unspecified atom stereocenters. The van der Waals surface area contributed by atoms with Crippen LogP contribution in [0.5, 0.6) is 11.5 Å². The number of halogens is 1. The van der Waals surface area contributed by atoms with E-state index in [1.165, 1.54) is 11.6 Å². The summed E-state index contributed by atoms with van der Waals surface area (Å²) in [6.07, 6.45) is 0. The summed E-state index contributed by atoms with van der Waals surface area (Å²) in [6.45, 7) is 6.31. The molecule has 4 heteroatoms. The summed E-state index contributed by atoms with van der Waals surface area (Å²) in [5.41, 5.74) is 2.54. The van der Waals surface area contributed by atoms with Gasteiger partial charge >= 0.3 is 5.97 Å². The van der Waals surface area contributed by atoms with Crippen molar-refractivity contribution in [1.82, 2.24) is 0 Å². The van der Waals surface area contributed by atoms with Gasteiger partial charge in [-0.2, -0.15) is 0 Å². The van der Waals surface area contributed by atoms with Gasteiger partial charge in [0.1, 0.15) is 17.1 Å². The van der Waals surface area contributed by atoms with Crippen LogP contribution >= 0.6 is 15.9 Å². The lowest BCUT2D eigenvalue weighted by Gasteiger charge is -2.13. The van der Waals surface area contributed by atoms with Gasteiger partial charge in [-0.3, -0.25) is 0 Å². The van der Waals surface area contributed by atoms with Crippen molar-refractivity contribution >= 4 is 21.9 Å². The van der Waals surface area contributed by atoms with E-state index in [-0.39, 0.29) is 5.56 Å². The molecule has 1 N–H and O–H groups in total. The third-order valence-electron chi connectivity index (χ3n) is 3.27. The zero-order valence-electron chi connectivity index (χ0n) is 12.2. The van der Waals surface area contributed by atoms with Gasteiger partial charge in [-0.25, -0.2) is 4.79 Å². The molecule has 0 aliphatic carbocycles. The third-order valence-corrected chi connectivity index (χ3v) is 3.76. The van der Waals surface area contributed by atoms with E-state index in [9.17, 15) is 9.90 Å². The van der Waals surface area contributed by atoms with Crippen LogP contribution in [0.15, 0.2) is 40.9 Å². The maximum absolute atomic E-state index is 11.2. The van der Waals surface area contributed by atoms with Crippen molar-refractivity contribution in [3.05, 3.63) is 57.6 Å². The highest BCUT2D eigenvalue weighted by atomic mass is 79.9. The Kier molecular flexibility index (Phi) is 4.68. The fourth-order valence-corrected chi connectivity index (χ4v) is 2.58. The average Bonchev–Trinajstić information content (AvgIpc) is 2.37. The molecular weight excluding hydrogens is 332 g/mol. The summed E-state index contributed by atoms with van der Waals surface area (Å²) >= 11 is 3.33. The average molecular weight is 349 g/mol. The fourth-order valence-electron chi connectivity index (χ4n) is 2.24. The van der Waals surface area contributed by atoms with Crippen LogP contribution in [0.25, 0.3) is 0 Å². The molecule has 21 heavy (non-hydrogen) atoms. The molecule has 110 valence electrons. The normalized spacial score (nSPS) is 10.7. The third kappa shape index (κ3) is 3.64. The first-order valence-corrected chi connectivity index (χ1v) is 7.49. The minimum absolute atomic E-state index is 0.142. The summed E-state index contributed by atoms with van der Waals surface area (Å²) in [5, 5.41) is 9.21. The Balaban J connectivity index is 2.36. The second-order valence-corrected chi connectivity index (χ2v) is 6.14. The minimum atomic E-state index is -1.01. The number of carbonyl (C=O) groups is 1. The van der Waals surface area contributed by atoms with E-state index >= 15 is 0 Å². The van der Waals surface area contributed by atoms with E-state index in [2.05, 4.69) is 29.8 Å². The van der Waals surface area contributed by atoms with Gasteiger partial charge < -0.3 is 9.84 Å². The van der Waals surface area contributed by atoms with Crippen molar-refractivity contribution in [2.45, 2.75) is 26.7 Å². The number of carboxylic acids is 1. The van der Waals surface area contributed by atoms with Gasteiger partial charge in [0.25, 0.3) is 0 Å². The Hall–Kier alpha value is -1.81. The molecule has 0 saturated heterocycles. The molecule has 0 atom stereocenters. The highest BCUT2D eigenvalue weighted by Gasteiger charge is 2.13. The molecule has 0 bridgehead atoms. The fraction of sp³-hybridized carbons (Fsp3) is 0.235. The largest absolute Gasteiger partial charge is 0.478 e. The molecule has 0 heterocycles. The van der Waals surface area contributed by atoms with E-state index in [1.54, 1.807) is 12.1 Å². The lowest BCUT2D eigenvalue weighted by molar-refractivity contribution is 0.0694. The minimum Gasteiger partial charge on any atom is -0.478 e. The summed E-state index contributed by atoms with van der Waals surface area (Å²) in [5.74, 6) is 0.401. The van der Waals surface area contributed by atoms with Crippen molar-refractivity contribution in [2.24, 2.45) is 0 Å². The standard InChI is InChI=1S/C17H17BrO3/c1-10(2)14-7-5-13(8-11(14)3)21-16-9-12(18)4-6-15(16)17(19)20/h4-10H,1-3H3,(H,19,20). The zero-order valence-corrected chi connectivity index (χ0v) is 13.8. The number of aryl methyl sites for hydroxylation is 1. The number of hydrogen-bond acceptors (Lipinski definition) is 2. The van der Waals surface area contributed by atoms with Crippen molar-refractivity contribution in [2.75, 3.05) is 0 Å². The highest BCUT2D eigenvalue weighted by molar-refractivity contribution is 9.10. The first kappa shape index (κ1) is 15.6. The summed E-state index contributed by atoms with van der Waals surface area (Å²) in [4.78, 5) is 11.2. The number of aromatic carboxylic acids is 1. The van der Waals surface area contributed by atoms with E-state index in [1.807, 2.05) is 25.1 Å². The molecule has 0 aromatic heterocycles. The van der Waals surface area contributed by atoms with Gasteiger partial charge in [0.05, 0.1) is 0 Å². The van der Waals surface area contributed by atoms with E-state index < -0.39 is 5.97 Å². The van der Waals surface area contributed by atoms with Crippen molar-refractivity contribution in [3.8, 4) is 11.5 Å². The predicted octanol–water partition coefficient (Wildman–Crippen LogP) is 5.37. The van der Waals surface area contributed by atoms with Crippen LogP contribution < -0.4 is 4.74 Å². The van der Waals surface area contributed by atoms with Gasteiger partial charge in [-0.15, -0.1) is 0 Å². The van der Waals surface area contributed by atoms with Crippen LogP contribution in [0.3, 0.4) is 0 Å². The Morgan fingerprint density at radius 2 is 1.90 bits per heavy atom. The molecular formula is C17H17BrO3. The summed E-state index contributed by atoms with van der Waals surface area (Å²) in [7, 11) is 0. The SMILES string of the molecule is Cc1cc(Oc2cc(Br)ccc2C(=O)O)ccc1C(C)C. The lowest BCUT2D eigenvalue weighted by Crippen LogP contribution is -2.00. The Labute approximate surface area is 132 Å². The van der Waals surface area contributed by atoms with Gasteiger partial charge in [-0.1, -0.05) is 35.8 Å². The topological polar surface area (TPSA) is 46.5 Å². The van der Waals surface area contributed by atoms with E-state index in [4.69, 9.17) is 4.74 Å². The van der Waals surface area contributed by atoms with Crippen LogP contribution in [0.4, 0.5) is 0 Å². The van der Waals surface area contributed by atoms with Crippen LogP contribution in [-0.4, -0.2) is 11.1 Å². The summed E-state index contributed by atoms with van der Waals surface area (Å²) in [6, 6.07) is 10.7. The van der Waals surface area contributed by atoms with Crippen molar-refractivity contribution in [3.63, 3.8) is 0 Å². The second-order valence-electron chi connectivity index (χ2n) is 5.22. The van der Waals surface area contributed by atoms with Crippen molar-refractivity contribution < 1.29 is 14.6 Å². The number of rotatable bonds is 4. The van der Waals surface area contributed by atoms with Crippen LogP contribution in [0.2, 0.25) is 0 Å². The lowest BCUT2D eigenvalue weighted by atomic mass is 9.98. The number of ether oxygens (including phenoxy) is 1. The quantitative estimate of drug-likeness (QED) is 0.807. The maximum Gasteiger partial charge on any atom is 0.339 e. The number of carboxylic acid groups (broad SMARTS) is 1. The van der Waals surface area contributed by atoms with Gasteiger partial charge in [0.2, 0.25) is 0 Å². The van der Waals surface area contributed by atoms with Crippen LogP contribution in [-0.2, 0) is 0 Å². The first-order valence-electron chi connectivity index (χ1n) is 6.69. The Morgan fingerprint density at radius 3 is 2.48 bits per heavy atom. The monoisotopic (exact) mass is 348 g/mol. The maximum atomic E-state index is 11.2. The Bertz CT molecular complexity index is 678. The predicted molar refractivity (Wildman–Crippen MR) is 86.4 cm³/mol. The molecule has 2 aromatic rings. The molecule has 0 saturated carbocycles. The highest BCUT2D eigenvalue weighted by Crippen LogP contribution is 2.31. The molecule has 0 radical (unpaired) electrons. The van der Waals surface area contributed by atoms with Crippen LogP contribution in [0, 0.1) is 6.92 Å². The van der Waals surface area contributed by atoms with Gasteiger partial charge in [-0.05, 0) is 54.3 Å². The summed E-state index contributed by atoms with van der Waals surface area (Å²) < 4.78 is 6.53. The molecule has 0 fully saturated rings. The smallest absolute Gasteiger partial charge is 0.339 e. The van der Waals surface area contributed by atoms with E-state index in [0.29, 0.717) is 17.4 Å². The molecule has 3 nitrogen and oxygen atoms in total. The molecule has 0 amide bonds. The molecule has 0 aliphatic rings. The molecule has 0 spiro atoms. The van der Waals surface area contributed by atoms with Crippen LogP contribution in [0.1, 0.15) is 41.3 Å². The number of benzene rings is 2. The van der Waals surface area contributed by atoms with E-state index in [0.717, 1.165) is 10.0 Å². The zero-order chi connectivity index (χ0) is 15.6. The molecule has 2 rings (SSSR count). The molecule has 2 aromatic carbocycles. The van der Waals surface area contributed by atoms with Crippen molar-refractivity contribution in [1.29, 1.82) is 0 Å². The second kappa shape index (κ2) is 6.31. The molecule has 0 aliphatic heterocycles. The van der Waals surface area contributed by atoms with Gasteiger partial charge in [0, 0.05) is 4.47 Å². The number of hydrogen-bond donors (Lipinski definition) is 1. The Morgan fingerprint density at radius 1 is 1.19 bits per heavy atom. The van der Waals surface area contributed by atoms with Gasteiger partial charge in [0.15, 0.2) is 0 Å².